The predicted molar refractivity (Wildman–Crippen MR) is 77.9 cm³/mol. The lowest BCUT2D eigenvalue weighted by Gasteiger charge is -2.09. The van der Waals surface area contributed by atoms with Crippen LogP contribution in [0.5, 0.6) is 11.5 Å². The van der Waals surface area contributed by atoms with Gasteiger partial charge in [0, 0.05) is 12.1 Å². The van der Waals surface area contributed by atoms with E-state index in [9.17, 15) is 14.5 Å². The summed E-state index contributed by atoms with van der Waals surface area (Å²) in [5.41, 5.74) is 1.15. The van der Waals surface area contributed by atoms with Crippen LogP contribution in [-0.4, -0.2) is 10.0 Å². The number of nitro benzene ring substituents is 1. The Balaban J connectivity index is 2.41. The number of benzene rings is 2. The first kappa shape index (κ1) is 15.4. The molecule has 21 heavy (non-hydrogen) atoms. The van der Waals surface area contributed by atoms with Crippen LogP contribution in [0.4, 0.5) is 10.1 Å². The van der Waals surface area contributed by atoms with Crippen LogP contribution in [0.3, 0.4) is 0 Å². The van der Waals surface area contributed by atoms with E-state index in [2.05, 4.69) is 15.9 Å². The average Bonchev–Trinajstić information content (AvgIpc) is 2.42. The topological polar surface area (TPSA) is 72.6 Å². The monoisotopic (exact) mass is 355 g/mol. The first-order valence-corrected chi connectivity index (χ1v) is 6.73. The Kier molecular flexibility index (Phi) is 4.54. The van der Waals surface area contributed by atoms with Gasteiger partial charge in [-0.25, -0.2) is 4.39 Å². The highest BCUT2D eigenvalue weighted by Gasteiger charge is 2.19. The minimum absolute atomic E-state index is 0.00615. The van der Waals surface area contributed by atoms with Gasteiger partial charge in [0.05, 0.1) is 16.0 Å². The van der Waals surface area contributed by atoms with Crippen LogP contribution in [0.25, 0.3) is 0 Å². The lowest BCUT2D eigenvalue weighted by atomic mass is 10.1. The molecule has 110 valence electrons. The van der Waals surface area contributed by atoms with E-state index < -0.39 is 10.7 Å². The molecule has 0 saturated carbocycles. The molecule has 1 N–H and O–H groups in total. The molecule has 0 unspecified atom stereocenters. The van der Waals surface area contributed by atoms with Gasteiger partial charge in [-0.15, -0.1) is 0 Å². The number of nitro groups is 1. The van der Waals surface area contributed by atoms with Crippen molar-refractivity contribution in [2.75, 3.05) is 0 Å². The molecule has 0 aliphatic carbocycles. The Bertz CT molecular complexity index is 706. The molecule has 0 amide bonds. The number of halogens is 2. The molecule has 2 aromatic carbocycles. The van der Waals surface area contributed by atoms with Crippen LogP contribution in [0.1, 0.15) is 11.1 Å². The third-order valence-corrected chi connectivity index (χ3v) is 3.52. The summed E-state index contributed by atoms with van der Waals surface area (Å²) >= 11 is 2.90. The summed E-state index contributed by atoms with van der Waals surface area (Å²) in [5, 5.41) is 20.1. The van der Waals surface area contributed by atoms with Gasteiger partial charge in [-0.1, -0.05) is 6.07 Å². The number of aliphatic hydroxyl groups is 1. The van der Waals surface area contributed by atoms with Gasteiger partial charge in [-0.3, -0.25) is 10.1 Å². The first-order chi connectivity index (χ1) is 9.92. The van der Waals surface area contributed by atoms with Crippen molar-refractivity contribution in [3.8, 4) is 11.5 Å². The summed E-state index contributed by atoms with van der Waals surface area (Å²) in [7, 11) is 0. The van der Waals surface area contributed by atoms with Gasteiger partial charge in [0.2, 0.25) is 5.75 Å². The molecule has 0 fully saturated rings. The lowest BCUT2D eigenvalue weighted by Crippen LogP contribution is -1.96. The zero-order valence-corrected chi connectivity index (χ0v) is 12.6. The van der Waals surface area contributed by atoms with Gasteiger partial charge < -0.3 is 9.84 Å². The molecule has 0 spiro atoms. The molecule has 0 atom stereocenters. The van der Waals surface area contributed by atoms with E-state index in [1.807, 2.05) is 0 Å². The van der Waals surface area contributed by atoms with Crippen molar-refractivity contribution in [1.29, 1.82) is 0 Å². The van der Waals surface area contributed by atoms with Crippen molar-refractivity contribution in [3.05, 3.63) is 61.9 Å². The smallest absolute Gasteiger partial charge is 0.312 e. The van der Waals surface area contributed by atoms with Gasteiger partial charge >= 0.3 is 5.69 Å². The van der Waals surface area contributed by atoms with E-state index in [1.54, 1.807) is 25.1 Å². The van der Waals surface area contributed by atoms with Gasteiger partial charge in [-0.05, 0) is 46.1 Å². The highest BCUT2D eigenvalue weighted by molar-refractivity contribution is 9.10. The standard InChI is InChI=1S/C14H11BrFNO4/c1-8-4-10(3-2-9(8)7-18)21-14-6-12(16)11(15)5-13(14)17(19)20/h2-6,18H,7H2,1H3. The molecule has 0 heterocycles. The van der Waals surface area contributed by atoms with Crippen LogP contribution < -0.4 is 4.74 Å². The molecule has 7 heteroatoms. The second kappa shape index (κ2) is 6.19. The third kappa shape index (κ3) is 3.37. The predicted octanol–water partition coefficient (Wildman–Crippen LogP) is 4.09. The zero-order chi connectivity index (χ0) is 15.6. The highest BCUT2D eigenvalue weighted by Crippen LogP contribution is 2.35. The Morgan fingerprint density at radius 1 is 1.38 bits per heavy atom. The SMILES string of the molecule is Cc1cc(Oc2cc(F)c(Br)cc2[N+](=O)[O-])ccc1CO. The molecule has 0 aromatic heterocycles. The Hall–Kier alpha value is -1.99. The fourth-order valence-corrected chi connectivity index (χ4v) is 2.11. The fourth-order valence-electron chi connectivity index (χ4n) is 1.78. The van der Waals surface area contributed by atoms with Gasteiger partial charge in [0.15, 0.2) is 0 Å². The fraction of sp³-hybridized carbons (Fsp3) is 0.143. The van der Waals surface area contributed by atoms with E-state index in [4.69, 9.17) is 9.84 Å². The van der Waals surface area contributed by atoms with Gasteiger partial charge in [0.1, 0.15) is 11.6 Å². The van der Waals surface area contributed by atoms with Crippen LogP contribution in [0.15, 0.2) is 34.8 Å². The van der Waals surface area contributed by atoms with Crippen molar-refractivity contribution >= 4 is 21.6 Å². The highest BCUT2D eigenvalue weighted by atomic mass is 79.9. The number of aryl methyl sites for hydroxylation is 1. The number of rotatable bonds is 4. The van der Waals surface area contributed by atoms with Crippen LogP contribution in [0.2, 0.25) is 0 Å². The number of ether oxygens (including phenoxy) is 1. The van der Waals surface area contributed by atoms with Crippen molar-refractivity contribution in [2.24, 2.45) is 0 Å². The summed E-state index contributed by atoms with van der Waals surface area (Å²) in [6, 6.07) is 6.83. The molecule has 2 aromatic rings. The molecule has 0 aliphatic heterocycles. The van der Waals surface area contributed by atoms with E-state index >= 15 is 0 Å². The normalized spacial score (nSPS) is 10.5. The maximum absolute atomic E-state index is 13.5. The second-order valence-corrected chi connectivity index (χ2v) is 5.19. The molecular formula is C14H11BrFNO4. The zero-order valence-electron chi connectivity index (χ0n) is 11.0. The molecule has 5 nitrogen and oxygen atoms in total. The van der Waals surface area contributed by atoms with Crippen molar-refractivity contribution in [2.45, 2.75) is 13.5 Å². The number of aliphatic hydroxyl groups excluding tert-OH is 1. The van der Waals surface area contributed by atoms with E-state index in [0.29, 0.717) is 5.75 Å². The van der Waals surface area contributed by atoms with Crippen LogP contribution in [0, 0.1) is 22.9 Å². The van der Waals surface area contributed by atoms with Gasteiger partial charge in [-0.2, -0.15) is 0 Å². The quantitative estimate of drug-likeness (QED) is 0.662. The minimum Gasteiger partial charge on any atom is -0.450 e. The van der Waals surface area contributed by atoms with Crippen LogP contribution in [-0.2, 0) is 6.61 Å². The summed E-state index contributed by atoms with van der Waals surface area (Å²) < 4.78 is 18.9. The second-order valence-electron chi connectivity index (χ2n) is 4.34. The average molecular weight is 356 g/mol. The number of nitrogens with zero attached hydrogens (tertiary/aromatic N) is 1. The molecule has 0 saturated heterocycles. The summed E-state index contributed by atoms with van der Waals surface area (Å²) in [6.07, 6.45) is 0. The molecule has 0 bridgehead atoms. The summed E-state index contributed by atoms with van der Waals surface area (Å²) in [5.74, 6) is -0.509. The van der Waals surface area contributed by atoms with E-state index in [-0.39, 0.29) is 22.5 Å². The Morgan fingerprint density at radius 2 is 2.10 bits per heavy atom. The molecular weight excluding hydrogens is 345 g/mol. The largest absolute Gasteiger partial charge is 0.450 e. The lowest BCUT2D eigenvalue weighted by molar-refractivity contribution is -0.385. The Labute approximate surface area is 128 Å². The van der Waals surface area contributed by atoms with Gasteiger partial charge in [0.25, 0.3) is 0 Å². The first-order valence-electron chi connectivity index (χ1n) is 5.94. The van der Waals surface area contributed by atoms with E-state index in [1.165, 1.54) is 0 Å². The number of hydrogen-bond donors (Lipinski definition) is 1. The van der Waals surface area contributed by atoms with E-state index in [0.717, 1.165) is 23.3 Å². The summed E-state index contributed by atoms with van der Waals surface area (Å²) in [6.45, 7) is 1.66. The van der Waals surface area contributed by atoms with Crippen molar-refractivity contribution in [1.82, 2.24) is 0 Å². The van der Waals surface area contributed by atoms with Crippen molar-refractivity contribution in [3.63, 3.8) is 0 Å². The summed E-state index contributed by atoms with van der Waals surface area (Å²) in [4.78, 5) is 10.3. The molecule has 0 aliphatic rings. The Morgan fingerprint density at radius 3 is 2.67 bits per heavy atom. The molecule has 2 rings (SSSR count). The van der Waals surface area contributed by atoms with Crippen molar-refractivity contribution < 1.29 is 19.2 Å². The van der Waals surface area contributed by atoms with Crippen LogP contribution >= 0.6 is 15.9 Å². The maximum Gasteiger partial charge on any atom is 0.312 e. The number of hydrogen-bond acceptors (Lipinski definition) is 4. The maximum atomic E-state index is 13.5. The molecule has 0 radical (unpaired) electrons. The third-order valence-electron chi connectivity index (χ3n) is 2.91. The minimum atomic E-state index is -0.653.